The standard InChI is InChI=1S/C14H23N5O2/c1-17(2)14(5-4-6-14)10-18(3)12-7-11(16-15)8-13(9-12)19(20)21/h7-9,16H,4-6,10,15H2,1-3H3. The summed E-state index contributed by atoms with van der Waals surface area (Å²) in [7, 11) is 6.14. The van der Waals surface area contributed by atoms with Crippen molar-refractivity contribution in [1.82, 2.24) is 4.90 Å². The fourth-order valence-electron chi connectivity index (χ4n) is 2.87. The van der Waals surface area contributed by atoms with E-state index in [2.05, 4.69) is 29.3 Å². The van der Waals surface area contributed by atoms with Crippen LogP contribution in [0.1, 0.15) is 19.3 Å². The maximum absolute atomic E-state index is 11.0. The summed E-state index contributed by atoms with van der Waals surface area (Å²) >= 11 is 0. The first-order chi connectivity index (χ1) is 9.88. The van der Waals surface area contributed by atoms with Crippen LogP contribution in [0.25, 0.3) is 0 Å². The third-order valence-corrected chi connectivity index (χ3v) is 4.49. The maximum atomic E-state index is 11.0. The van der Waals surface area contributed by atoms with E-state index in [1.165, 1.54) is 12.5 Å². The van der Waals surface area contributed by atoms with Crippen LogP contribution in [0.2, 0.25) is 0 Å². The van der Waals surface area contributed by atoms with Crippen LogP contribution in [0.4, 0.5) is 17.1 Å². The fraction of sp³-hybridized carbons (Fsp3) is 0.571. The van der Waals surface area contributed by atoms with Crippen molar-refractivity contribution in [3.05, 3.63) is 28.3 Å². The molecule has 0 atom stereocenters. The summed E-state index contributed by atoms with van der Waals surface area (Å²) in [6, 6.07) is 4.85. The molecule has 1 saturated carbocycles. The molecule has 0 spiro atoms. The number of nitrogens with zero attached hydrogens (tertiary/aromatic N) is 3. The highest BCUT2D eigenvalue weighted by atomic mass is 16.6. The van der Waals surface area contributed by atoms with Gasteiger partial charge in [0.1, 0.15) is 0 Å². The lowest BCUT2D eigenvalue weighted by Gasteiger charge is -2.49. The molecule has 116 valence electrons. The number of rotatable bonds is 6. The van der Waals surface area contributed by atoms with Crippen molar-refractivity contribution >= 4 is 17.1 Å². The molecule has 0 radical (unpaired) electrons. The number of hydrogen-bond donors (Lipinski definition) is 2. The van der Waals surface area contributed by atoms with Crippen LogP contribution in [0.5, 0.6) is 0 Å². The molecule has 7 nitrogen and oxygen atoms in total. The number of nitrogens with one attached hydrogen (secondary N) is 1. The Morgan fingerprint density at radius 1 is 1.33 bits per heavy atom. The van der Waals surface area contributed by atoms with E-state index in [4.69, 9.17) is 5.84 Å². The van der Waals surface area contributed by atoms with Crippen molar-refractivity contribution < 1.29 is 4.92 Å². The Kier molecular flexibility index (Phi) is 4.34. The van der Waals surface area contributed by atoms with E-state index >= 15 is 0 Å². The van der Waals surface area contributed by atoms with Gasteiger partial charge in [-0.2, -0.15) is 0 Å². The van der Waals surface area contributed by atoms with Gasteiger partial charge in [-0.3, -0.25) is 16.0 Å². The lowest BCUT2D eigenvalue weighted by Crippen LogP contribution is -2.56. The van der Waals surface area contributed by atoms with E-state index in [0.717, 1.165) is 25.1 Å². The van der Waals surface area contributed by atoms with Crippen molar-refractivity contribution in [3.8, 4) is 0 Å². The van der Waals surface area contributed by atoms with E-state index < -0.39 is 4.92 Å². The molecule has 0 unspecified atom stereocenters. The molecule has 7 heteroatoms. The minimum absolute atomic E-state index is 0.0415. The number of hydrazine groups is 1. The topological polar surface area (TPSA) is 87.7 Å². The first-order valence-electron chi connectivity index (χ1n) is 7.03. The molecule has 1 aromatic carbocycles. The van der Waals surface area contributed by atoms with E-state index in [1.54, 1.807) is 6.07 Å². The van der Waals surface area contributed by atoms with Gasteiger partial charge in [0.15, 0.2) is 0 Å². The van der Waals surface area contributed by atoms with Gasteiger partial charge in [0, 0.05) is 37.0 Å². The molecule has 0 aliphatic heterocycles. The fourth-order valence-corrected chi connectivity index (χ4v) is 2.87. The van der Waals surface area contributed by atoms with Crippen molar-refractivity contribution in [2.24, 2.45) is 5.84 Å². The highest BCUT2D eigenvalue weighted by Crippen LogP contribution is 2.38. The van der Waals surface area contributed by atoms with Gasteiger partial charge >= 0.3 is 0 Å². The van der Waals surface area contributed by atoms with E-state index in [1.807, 2.05) is 13.1 Å². The second kappa shape index (κ2) is 5.87. The Balaban J connectivity index is 2.24. The Hall–Kier alpha value is -1.86. The Bertz CT molecular complexity index is 528. The zero-order chi connectivity index (χ0) is 15.6. The number of hydrogen-bond acceptors (Lipinski definition) is 6. The predicted molar refractivity (Wildman–Crippen MR) is 84.4 cm³/mol. The van der Waals surface area contributed by atoms with Crippen molar-refractivity contribution in [1.29, 1.82) is 0 Å². The average molecular weight is 293 g/mol. The van der Waals surface area contributed by atoms with Crippen LogP contribution >= 0.6 is 0 Å². The van der Waals surface area contributed by atoms with Crippen LogP contribution < -0.4 is 16.2 Å². The summed E-state index contributed by atoms with van der Waals surface area (Å²) in [6.45, 7) is 0.838. The van der Waals surface area contributed by atoms with Gasteiger partial charge in [-0.15, -0.1) is 0 Å². The predicted octanol–water partition coefficient (Wildman–Crippen LogP) is 1.80. The number of nitrogens with two attached hydrogens (primary N) is 1. The molecule has 0 amide bonds. The number of likely N-dealkylation sites (N-methyl/N-ethyl adjacent to an activating group) is 2. The van der Waals surface area contributed by atoms with Gasteiger partial charge in [0.25, 0.3) is 5.69 Å². The van der Waals surface area contributed by atoms with Gasteiger partial charge in [-0.25, -0.2) is 0 Å². The lowest BCUT2D eigenvalue weighted by atomic mass is 9.75. The summed E-state index contributed by atoms with van der Waals surface area (Å²) in [6.07, 6.45) is 3.54. The quantitative estimate of drug-likeness (QED) is 0.472. The zero-order valence-electron chi connectivity index (χ0n) is 12.8. The molecule has 1 aromatic rings. The van der Waals surface area contributed by atoms with Gasteiger partial charge in [-0.1, -0.05) is 0 Å². The first-order valence-corrected chi connectivity index (χ1v) is 7.03. The van der Waals surface area contributed by atoms with Gasteiger partial charge in [0.2, 0.25) is 0 Å². The molecule has 1 aliphatic carbocycles. The molecule has 2 rings (SSSR count). The number of benzene rings is 1. The number of nitro groups is 1. The normalized spacial score (nSPS) is 16.4. The summed E-state index contributed by atoms with van der Waals surface area (Å²) in [5, 5.41) is 11.0. The van der Waals surface area contributed by atoms with Crippen LogP contribution in [-0.2, 0) is 0 Å². The van der Waals surface area contributed by atoms with Crippen LogP contribution in [0, 0.1) is 10.1 Å². The molecule has 21 heavy (non-hydrogen) atoms. The summed E-state index contributed by atoms with van der Waals surface area (Å²) < 4.78 is 0. The summed E-state index contributed by atoms with van der Waals surface area (Å²) in [5.41, 5.74) is 4.03. The molecule has 0 heterocycles. The van der Waals surface area contributed by atoms with E-state index in [0.29, 0.717) is 5.69 Å². The molecule has 0 saturated heterocycles. The Labute approximate surface area is 124 Å². The monoisotopic (exact) mass is 293 g/mol. The second-order valence-electron chi connectivity index (χ2n) is 5.97. The smallest absolute Gasteiger partial charge is 0.273 e. The van der Waals surface area contributed by atoms with E-state index in [9.17, 15) is 10.1 Å². The lowest BCUT2D eigenvalue weighted by molar-refractivity contribution is -0.384. The molecule has 3 N–H and O–H groups in total. The van der Waals surface area contributed by atoms with Crippen LogP contribution in [-0.4, -0.2) is 43.0 Å². The molecule has 0 bridgehead atoms. The third-order valence-electron chi connectivity index (χ3n) is 4.49. The first kappa shape index (κ1) is 15.5. The highest BCUT2D eigenvalue weighted by molar-refractivity contribution is 5.64. The third kappa shape index (κ3) is 3.08. The largest absolute Gasteiger partial charge is 0.372 e. The molecular formula is C14H23N5O2. The molecule has 1 aliphatic rings. The van der Waals surface area contributed by atoms with Crippen LogP contribution in [0.15, 0.2) is 18.2 Å². The van der Waals surface area contributed by atoms with Crippen molar-refractivity contribution in [2.45, 2.75) is 24.8 Å². The Morgan fingerprint density at radius 3 is 2.43 bits per heavy atom. The SMILES string of the molecule is CN(CC1(N(C)C)CCC1)c1cc(NN)cc([N+](=O)[O-])c1. The zero-order valence-corrected chi connectivity index (χ0v) is 12.8. The minimum atomic E-state index is -0.400. The number of anilines is 2. The molecule has 0 aromatic heterocycles. The minimum Gasteiger partial charge on any atom is -0.372 e. The average Bonchev–Trinajstić information content (AvgIpc) is 2.41. The van der Waals surface area contributed by atoms with Crippen molar-refractivity contribution in [2.75, 3.05) is 38.0 Å². The Morgan fingerprint density at radius 2 is 2.00 bits per heavy atom. The number of nitrogen functional groups attached to an aromatic ring is 1. The number of non-ortho nitro benzene ring substituents is 1. The summed E-state index contributed by atoms with van der Waals surface area (Å²) in [4.78, 5) is 14.9. The maximum Gasteiger partial charge on any atom is 0.273 e. The molecular weight excluding hydrogens is 270 g/mol. The number of nitro benzene ring substituents is 1. The van der Waals surface area contributed by atoms with Crippen molar-refractivity contribution in [3.63, 3.8) is 0 Å². The second-order valence-corrected chi connectivity index (χ2v) is 5.97. The van der Waals surface area contributed by atoms with E-state index in [-0.39, 0.29) is 11.2 Å². The molecule has 1 fully saturated rings. The van der Waals surface area contributed by atoms with Gasteiger partial charge < -0.3 is 15.2 Å². The summed E-state index contributed by atoms with van der Waals surface area (Å²) in [5.74, 6) is 5.40. The highest BCUT2D eigenvalue weighted by Gasteiger charge is 2.40. The van der Waals surface area contributed by atoms with Crippen LogP contribution in [0.3, 0.4) is 0 Å². The van der Waals surface area contributed by atoms with Gasteiger partial charge in [-0.05, 0) is 39.4 Å². The van der Waals surface area contributed by atoms with Gasteiger partial charge in [0.05, 0.1) is 10.6 Å².